The van der Waals surface area contributed by atoms with E-state index in [1.807, 2.05) is 12.1 Å². The van der Waals surface area contributed by atoms with Gasteiger partial charge < -0.3 is 26.8 Å². The van der Waals surface area contributed by atoms with Crippen LogP contribution < -0.4 is 0 Å². The van der Waals surface area contributed by atoms with Crippen molar-refractivity contribution in [2.75, 3.05) is 0 Å². The second-order valence-corrected chi connectivity index (χ2v) is 27.6. The molecule has 470 valence electrons. The summed E-state index contributed by atoms with van der Waals surface area (Å²) in [7, 11) is 0. The van der Waals surface area contributed by atoms with Crippen LogP contribution in [0, 0.1) is 0 Å². The molecule has 0 aliphatic rings. The van der Waals surface area contributed by atoms with Crippen LogP contribution in [0.1, 0.15) is 0 Å². The summed E-state index contributed by atoms with van der Waals surface area (Å²) in [6.45, 7) is 0. The molecule has 0 amide bonds. The SMILES string of the molecule is c1cc(-c2cc(-c3ccc4c(c3)c3ccccc3c3c4c4c5ccccc5oc4c4c3c3ccccc3n4-c3ccc(-c4ccc5c(c4)oc4ccccc45)cc3)c3oc4ccccc4c3c2)cc(-n2c3ccccc3c3c4c5ccccc5c5ccccc5c4c4c5ccccc5oc4c32)c1. The molecule has 6 aromatic heterocycles. The maximum atomic E-state index is 7.31. The summed E-state index contributed by atoms with van der Waals surface area (Å²) in [4.78, 5) is 0. The quantitative estimate of drug-likeness (QED) is 0.161. The summed E-state index contributed by atoms with van der Waals surface area (Å²) in [6.07, 6.45) is 0. The molecule has 24 aromatic rings. The Labute approximate surface area is 579 Å². The minimum absolute atomic E-state index is 0.845. The molecule has 24 rings (SSSR count). The molecule has 6 heteroatoms. The number of benzene rings is 18. The molecular formula is C96H52N2O4. The number of para-hydroxylation sites is 6. The Morgan fingerprint density at radius 3 is 1.16 bits per heavy atom. The molecule has 0 saturated carbocycles. The predicted molar refractivity (Wildman–Crippen MR) is 426 cm³/mol. The highest BCUT2D eigenvalue weighted by molar-refractivity contribution is 6.47. The highest BCUT2D eigenvalue weighted by atomic mass is 16.3. The summed E-state index contributed by atoms with van der Waals surface area (Å²) in [5.74, 6) is 0. The summed E-state index contributed by atoms with van der Waals surface area (Å²) < 4.78 is 32.9. The molecule has 0 N–H and O–H groups in total. The minimum atomic E-state index is 0.845. The fraction of sp³-hybridized carbons (Fsp3) is 0. The lowest BCUT2D eigenvalue weighted by Crippen LogP contribution is -1.95. The monoisotopic (exact) mass is 1300 g/mol. The summed E-state index contributed by atoms with van der Waals surface area (Å²) >= 11 is 0. The Hall–Kier alpha value is -13.7. The van der Waals surface area contributed by atoms with E-state index in [0.29, 0.717) is 0 Å². The van der Waals surface area contributed by atoms with Crippen molar-refractivity contribution in [3.8, 4) is 44.8 Å². The molecule has 102 heavy (non-hydrogen) atoms. The van der Waals surface area contributed by atoms with Crippen LogP contribution >= 0.6 is 0 Å². The van der Waals surface area contributed by atoms with E-state index >= 15 is 0 Å². The topological polar surface area (TPSA) is 62.4 Å². The van der Waals surface area contributed by atoms with Gasteiger partial charge in [-0.2, -0.15) is 0 Å². The van der Waals surface area contributed by atoms with Crippen LogP contribution in [-0.4, -0.2) is 9.13 Å². The number of hydrogen-bond donors (Lipinski definition) is 0. The third kappa shape index (κ3) is 7.20. The highest BCUT2D eigenvalue weighted by Gasteiger charge is 2.30. The van der Waals surface area contributed by atoms with E-state index in [0.717, 1.165) is 176 Å². The van der Waals surface area contributed by atoms with E-state index in [2.05, 4.69) is 312 Å². The fourth-order valence-electron chi connectivity index (χ4n) is 18.2. The molecule has 6 heterocycles. The van der Waals surface area contributed by atoms with Crippen molar-refractivity contribution in [1.82, 2.24) is 9.13 Å². The molecule has 0 saturated heterocycles. The molecule has 6 nitrogen and oxygen atoms in total. The molecule has 0 aliphatic carbocycles. The summed E-state index contributed by atoms with van der Waals surface area (Å²) in [5, 5.41) is 27.8. The number of aromatic nitrogens is 2. The summed E-state index contributed by atoms with van der Waals surface area (Å²) in [6, 6.07) is 115. The van der Waals surface area contributed by atoms with Crippen molar-refractivity contribution in [1.29, 1.82) is 0 Å². The summed E-state index contributed by atoms with van der Waals surface area (Å²) in [5.41, 5.74) is 19.7. The maximum Gasteiger partial charge on any atom is 0.160 e. The number of fused-ring (bicyclic) bond motifs is 36. The molecule has 0 spiro atoms. The van der Waals surface area contributed by atoms with Crippen molar-refractivity contribution in [3.05, 3.63) is 315 Å². The first-order valence-corrected chi connectivity index (χ1v) is 34.9. The first kappa shape index (κ1) is 54.3. The van der Waals surface area contributed by atoms with Gasteiger partial charge in [0.1, 0.15) is 33.5 Å². The molecule has 0 bridgehead atoms. The van der Waals surface area contributed by atoms with Crippen molar-refractivity contribution >= 4 is 196 Å². The van der Waals surface area contributed by atoms with Gasteiger partial charge in [-0.25, -0.2) is 0 Å². The molecule has 18 aromatic carbocycles. The van der Waals surface area contributed by atoms with Crippen LogP contribution in [0.15, 0.2) is 333 Å². The van der Waals surface area contributed by atoms with Crippen molar-refractivity contribution < 1.29 is 17.7 Å². The zero-order valence-corrected chi connectivity index (χ0v) is 54.5. The normalized spacial score (nSPS) is 12.5. The second kappa shape index (κ2) is 20.0. The maximum absolute atomic E-state index is 7.31. The lowest BCUT2D eigenvalue weighted by molar-refractivity contribution is 0.669. The average molecular weight is 1300 g/mol. The smallest absolute Gasteiger partial charge is 0.160 e. The van der Waals surface area contributed by atoms with Gasteiger partial charge >= 0.3 is 0 Å². The number of hydrogen-bond acceptors (Lipinski definition) is 4. The minimum Gasteiger partial charge on any atom is -0.456 e. The Balaban J connectivity index is 0.729. The zero-order valence-electron chi connectivity index (χ0n) is 54.5. The van der Waals surface area contributed by atoms with E-state index in [9.17, 15) is 0 Å². The standard InChI is InChI=1S/C96H52N2O4/c1-4-27-66-60(22-1)61-23-2-5-28-67(61)86-84(66)89-71-31-8-14-35-78(71)98(93(89)96-90(86)72-32-11-17-38-81(72)102-96)59-21-19-20-54(48-59)57-50-74(94-76(51-57)64-26-10-16-37-80(64)100-94)56-43-47-69-75(49-56)62-24-3-6-29-68(62)85-87(69)91-73-33-12-18-39-82(73)101-95(91)92-88(85)70-30-7-13-34-77(70)97(92)58-44-40-53(41-45-58)55-42-46-65-63-25-9-15-36-79(63)99-83(65)52-55/h1-52H. The first-order chi connectivity index (χ1) is 50.6. The lowest BCUT2D eigenvalue weighted by Gasteiger charge is -2.16. The first-order valence-electron chi connectivity index (χ1n) is 34.9. The van der Waals surface area contributed by atoms with E-state index < -0.39 is 0 Å². The molecular weight excluding hydrogens is 1250 g/mol. The predicted octanol–water partition coefficient (Wildman–Crippen LogP) is 27.4. The number of rotatable bonds is 5. The largest absolute Gasteiger partial charge is 0.456 e. The van der Waals surface area contributed by atoms with Crippen LogP contribution in [0.25, 0.3) is 241 Å². The molecule has 0 fully saturated rings. The van der Waals surface area contributed by atoms with Crippen molar-refractivity contribution in [2.24, 2.45) is 0 Å². The number of nitrogens with zero attached hydrogens (tertiary/aromatic N) is 2. The van der Waals surface area contributed by atoms with Crippen LogP contribution in [0.3, 0.4) is 0 Å². The molecule has 0 atom stereocenters. The van der Waals surface area contributed by atoms with Gasteiger partial charge in [-0.3, -0.25) is 0 Å². The van der Waals surface area contributed by atoms with Gasteiger partial charge in [0.15, 0.2) is 11.2 Å². The van der Waals surface area contributed by atoms with Gasteiger partial charge in [-0.05, 0) is 162 Å². The van der Waals surface area contributed by atoms with Crippen LogP contribution in [-0.2, 0) is 0 Å². The highest BCUT2D eigenvalue weighted by Crippen LogP contribution is 2.54. The van der Waals surface area contributed by atoms with Crippen LogP contribution in [0.2, 0.25) is 0 Å². The second-order valence-electron chi connectivity index (χ2n) is 27.6. The van der Waals surface area contributed by atoms with Gasteiger partial charge in [0, 0.05) is 103 Å². The van der Waals surface area contributed by atoms with E-state index in [-0.39, 0.29) is 0 Å². The zero-order chi connectivity index (χ0) is 66.2. The van der Waals surface area contributed by atoms with E-state index in [1.165, 1.54) is 64.6 Å². The van der Waals surface area contributed by atoms with E-state index in [4.69, 9.17) is 17.7 Å². The molecule has 0 aliphatic heterocycles. The third-order valence-electron chi connectivity index (χ3n) is 22.4. The van der Waals surface area contributed by atoms with Crippen molar-refractivity contribution in [3.63, 3.8) is 0 Å². The lowest BCUT2D eigenvalue weighted by atomic mass is 9.87. The Bertz CT molecular complexity index is 7880. The Morgan fingerprint density at radius 1 is 0.176 bits per heavy atom. The third-order valence-corrected chi connectivity index (χ3v) is 22.4. The van der Waals surface area contributed by atoms with Gasteiger partial charge in [-0.15, -0.1) is 0 Å². The van der Waals surface area contributed by atoms with Gasteiger partial charge in [-0.1, -0.05) is 224 Å². The van der Waals surface area contributed by atoms with Crippen molar-refractivity contribution in [2.45, 2.75) is 0 Å². The Morgan fingerprint density at radius 2 is 0.569 bits per heavy atom. The average Bonchev–Trinajstić information content (AvgIpc) is 1.49. The van der Waals surface area contributed by atoms with Gasteiger partial charge in [0.25, 0.3) is 0 Å². The number of furan rings is 4. The van der Waals surface area contributed by atoms with Gasteiger partial charge in [0.05, 0.1) is 22.1 Å². The van der Waals surface area contributed by atoms with Crippen LogP contribution in [0.5, 0.6) is 0 Å². The van der Waals surface area contributed by atoms with Crippen LogP contribution in [0.4, 0.5) is 0 Å². The Kier molecular flexibility index (Phi) is 10.7. The fourth-order valence-corrected chi connectivity index (χ4v) is 18.2. The van der Waals surface area contributed by atoms with E-state index in [1.54, 1.807) is 0 Å². The molecule has 0 unspecified atom stereocenters. The molecule has 0 radical (unpaired) electrons. The van der Waals surface area contributed by atoms with Gasteiger partial charge in [0.2, 0.25) is 0 Å².